The van der Waals surface area contributed by atoms with Gasteiger partial charge in [-0.25, -0.2) is 0 Å². The highest BCUT2D eigenvalue weighted by Crippen LogP contribution is 2.42. The van der Waals surface area contributed by atoms with E-state index in [9.17, 15) is 5.11 Å². The van der Waals surface area contributed by atoms with Crippen LogP contribution < -0.4 is 0 Å². The van der Waals surface area contributed by atoms with Gasteiger partial charge < -0.3 is 5.11 Å². The lowest BCUT2D eigenvalue weighted by molar-refractivity contribution is 0.0450. The van der Waals surface area contributed by atoms with Gasteiger partial charge in [-0.05, 0) is 42.4 Å². The van der Waals surface area contributed by atoms with Crippen molar-refractivity contribution in [3.05, 3.63) is 30.1 Å². The van der Waals surface area contributed by atoms with Crippen LogP contribution in [0.15, 0.2) is 24.5 Å². The van der Waals surface area contributed by atoms with Crippen molar-refractivity contribution in [1.82, 2.24) is 4.98 Å². The summed E-state index contributed by atoms with van der Waals surface area (Å²) in [6, 6.07) is 4.07. The minimum Gasteiger partial charge on any atom is -0.396 e. The van der Waals surface area contributed by atoms with Crippen LogP contribution in [0.4, 0.5) is 0 Å². The molecule has 1 heterocycles. The molecule has 0 atom stereocenters. The number of aliphatic hydroxyl groups is 1. The molecule has 1 aromatic rings. The number of rotatable bonds is 3. The SMILES string of the molecule is OCC1(Cc2ccncc2)CCC1. The highest BCUT2D eigenvalue weighted by atomic mass is 16.3. The van der Waals surface area contributed by atoms with E-state index in [0.29, 0.717) is 6.61 Å². The van der Waals surface area contributed by atoms with Gasteiger partial charge >= 0.3 is 0 Å². The first-order valence-electron chi connectivity index (χ1n) is 4.84. The van der Waals surface area contributed by atoms with E-state index >= 15 is 0 Å². The van der Waals surface area contributed by atoms with Gasteiger partial charge in [0.25, 0.3) is 0 Å². The Bertz CT molecular complexity index is 261. The minimum absolute atomic E-state index is 0.196. The third-order valence-electron chi connectivity index (χ3n) is 3.08. The van der Waals surface area contributed by atoms with Crippen LogP contribution in [0.25, 0.3) is 0 Å². The topological polar surface area (TPSA) is 33.1 Å². The first-order chi connectivity index (χ1) is 6.35. The molecule has 1 saturated carbocycles. The standard InChI is InChI=1S/C11H15NO/c13-9-11(4-1-5-11)8-10-2-6-12-7-3-10/h2-3,6-7,13H,1,4-5,8-9H2. The van der Waals surface area contributed by atoms with Crippen LogP contribution >= 0.6 is 0 Å². The fraction of sp³-hybridized carbons (Fsp3) is 0.545. The molecule has 0 bridgehead atoms. The Morgan fingerprint density at radius 3 is 2.46 bits per heavy atom. The molecule has 2 heteroatoms. The molecule has 0 unspecified atom stereocenters. The summed E-state index contributed by atoms with van der Waals surface area (Å²) in [5, 5.41) is 9.28. The monoisotopic (exact) mass is 177 g/mol. The predicted octanol–water partition coefficient (Wildman–Crippen LogP) is 1.79. The van der Waals surface area contributed by atoms with Gasteiger partial charge in [0.15, 0.2) is 0 Å². The van der Waals surface area contributed by atoms with Crippen LogP contribution in [-0.2, 0) is 6.42 Å². The third-order valence-corrected chi connectivity index (χ3v) is 3.08. The van der Waals surface area contributed by atoms with Crippen LogP contribution in [0.3, 0.4) is 0 Å². The molecule has 0 amide bonds. The van der Waals surface area contributed by atoms with Crippen molar-refractivity contribution in [2.45, 2.75) is 25.7 Å². The summed E-state index contributed by atoms with van der Waals surface area (Å²) in [4.78, 5) is 3.98. The average Bonchev–Trinajstić information content (AvgIpc) is 2.13. The van der Waals surface area contributed by atoms with Gasteiger partial charge in [-0.1, -0.05) is 6.42 Å². The van der Waals surface area contributed by atoms with E-state index in [-0.39, 0.29) is 5.41 Å². The maximum Gasteiger partial charge on any atom is 0.0490 e. The van der Waals surface area contributed by atoms with E-state index in [2.05, 4.69) is 4.98 Å². The van der Waals surface area contributed by atoms with Gasteiger partial charge in [-0.3, -0.25) is 4.98 Å². The summed E-state index contributed by atoms with van der Waals surface area (Å²) in [7, 11) is 0. The summed E-state index contributed by atoms with van der Waals surface area (Å²) < 4.78 is 0. The molecule has 0 aliphatic heterocycles. The summed E-state index contributed by atoms with van der Waals surface area (Å²) in [5.74, 6) is 0. The van der Waals surface area contributed by atoms with Crippen LogP contribution in [0.1, 0.15) is 24.8 Å². The van der Waals surface area contributed by atoms with Crippen molar-refractivity contribution in [2.24, 2.45) is 5.41 Å². The lowest BCUT2D eigenvalue weighted by Crippen LogP contribution is -2.35. The lowest BCUT2D eigenvalue weighted by atomic mass is 9.66. The minimum atomic E-state index is 0.196. The molecule has 13 heavy (non-hydrogen) atoms. The Labute approximate surface area is 78.6 Å². The zero-order valence-electron chi connectivity index (χ0n) is 7.74. The van der Waals surface area contributed by atoms with Crippen molar-refractivity contribution in [3.8, 4) is 0 Å². The zero-order chi connectivity index (χ0) is 9.15. The lowest BCUT2D eigenvalue weighted by Gasteiger charge is -2.40. The first-order valence-corrected chi connectivity index (χ1v) is 4.84. The Morgan fingerprint density at radius 1 is 1.31 bits per heavy atom. The number of nitrogens with zero attached hydrogens (tertiary/aromatic N) is 1. The molecule has 2 rings (SSSR count). The normalized spacial score (nSPS) is 19.5. The average molecular weight is 177 g/mol. The van der Waals surface area contributed by atoms with E-state index in [1.54, 1.807) is 0 Å². The van der Waals surface area contributed by atoms with Gasteiger partial charge in [0, 0.05) is 19.0 Å². The van der Waals surface area contributed by atoms with Crippen molar-refractivity contribution in [2.75, 3.05) is 6.61 Å². The quantitative estimate of drug-likeness (QED) is 0.763. The first kappa shape index (κ1) is 8.70. The molecule has 0 spiro atoms. The molecule has 0 radical (unpaired) electrons. The number of hydrogen-bond donors (Lipinski definition) is 1. The van der Waals surface area contributed by atoms with E-state index in [1.807, 2.05) is 24.5 Å². The van der Waals surface area contributed by atoms with E-state index in [1.165, 1.54) is 24.8 Å². The van der Waals surface area contributed by atoms with Crippen molar-refractivity contribution in [1.29, 1.82) is 0 Å². The van der Waals surface area contributed by atoms with Gasteiger partial charge in [0.05, 0.1) is 0 Å². The molecular weight excluding hydrogens is 162 g/mol. The van der Waals surface area contributed by atoms with E-state index < -0.39 is 0 Å². The molecule has 1 aliphatic rings. The fourth-order valence-electron chi connectivity index (χ4n) is 2.00. The Balaban J connectivity index is 2.05. The number of hydrogen-bond acceptors (Lipinski definition) is 2. The molecule has 2 nitrogen and oxygen atoms in total. The van der Waals surface area contributed by atoms with Gasteiger partial charge in [-0.2, -0.15) is 0 Å². The molecule has 1 fully saturated rings. The second-order valence-electron chi connectivity index (χ2n) is 4.04. The van der Waals surface area contributed by atoms with Crippen LogP contribution in [0.5, 0.6) is 0 Å². The van der Waals surface area contributed by atoms with Crippen molar-refractivity contribution < 1.29 is 5.11 Å². The largest absolute Gasteiger partial charge is 0.396 e. The van der Waals surface area contributed by atoms with Crippen molar-refractivity contribution in [3.63, 3.8) is 0 Å². The second kappa shape index (κ2) is 3.46. The highest BCUT2D eigenvalue weighted by molar-refractivity contribution is 5.13. The maximum absolute atomic E-state index is 9.28. The molecule has 0 saturated heterocycles. The molecule has 1 aliphatic carbocycles. The molecule has 0 aromatic carbocycles. The maximum atomic E-state index is 9.28. The van der Waals surface area contributed by atoms with Crippen LogP contribution in [0, 0.1) is 5.41 Å². The van der Waals surface area contributed by atoms with Crippen molar-refractivity contribution >= 4 is 0 Å². The Kier molecular flexibility index (Phi) is 2.32. The number of aromatic nitrogens is 1. The summed E-state index contributed by atoms with van der Waals surface area (Å²) in [6.45, 7) is 0.329. The fourth-order valence-corrected chi connectivity index (χ4v) is 2.00. The molecule has 1 aromatic heterocycles. The summed E-state index contributed by atoms with van der Waals surface area (Å²) in [6.07, 6.45) is 8.26. The van der Waals surface area contributed by atoms with Crippen LogP contribution in [0.2, 0.25) is 0 Å². The molecule has 70 valence electrons. The summed E-state index contributed by atoms with van der Waals surface area (Å²) >= 11 is 0. The smallest absolute Gasteiger partial charge is 0.0490 e. The highest BCUT2D eigenvalue weighted by Gasteiger charge is 2.36. The molecular formula is C11H15NO. The Hall–Kier alpha value is -0.890. The number of pyridine rings is 1. The van der Waals surface area contributed by atoms with Gasteiger partial charge in [0.2, 0.25) is 0 Å². The van der Waals surface area contributed by atoms with E-state index in [0.717, 1.165) is 6.42 Å². The van der Waals surface area contributed by atoms with Gasteiger partial charge in [0.1, 0.15) is 0 Å². The third kappa shape index (κ3) is 1.73. The molecule has 1 N–H and O–H groups in total. The number of aliphatic hydroxyl groups excluding tert-OH is 1. The zero-order valence-corrected chi connectivity index (χ0v) is 7.74. The van der Waals surface area contributed by atoms with E-state index in [4.69, 9.17) is 0 Å². The van der Waals surface area contributed by atoms with Crippen LogP contribution in [-0.4, -0.2) is 16.7 Å². The van der Waals surface area contributed by atoms with Gasteiger partial charge in [-0.15, -0.1) is 0 Å². The summed E-state index contributed by atoms with van der Waals surface area (Å²) in [5.41, 5.74) is 1.49. The predicted molar refractivity (Wildman–Crippen MR) is 51.3 cm³/mol. The second-order valence-corrected chi connectivity index (χ2v) is 4.04. The Morgan fingerprint density at radius 2 is 2.00 bits per heavy atom.